The number of nitrogens with two attached hydrogens (primary N) is 1. The molecule has 2 aromatic carbocycles. The van der Waals surface area contributed by atoms with Crippen LogP contribution in [-0.2, 0) is 16.4 Å². The normalized spacial score (nSPS) is 14.3. The molecule has 0 radical (unpaired) electrons. The van der Waals surface area contributed by atoms with E-state index in [0.717, 1.165) is 9.87 Å². The largest absolute Gasteiger partial charge is 0.366 e. The molecule has 0 aliphatic carbocycles. The second kappa shape index (κ2) is 5.90. The second-order valence-electron chi connectivity index (χ2n) is 5.82. The Morgan fingerprint density at radius 3 is 2.50 bits per heavy atom. The van der Waals surface area contributed by atoms with Crippen LogP contribution in [0.5, 0.6) is 0 Å². The van der Waals surface area contributed by atoms with Gasteiger partial charge in [-0.1, -0.05) is 6.07 Å². The fourth-order valence-electron chi connectivity index (χ4n) is 2.96. The molecule has 2 aromatic rings. The van der Waals surface area contributed by atoms with Crippen LogP contribution in [0.25, 0.3) is 0 Å². The van der Waals surface area contributed by atoms with Gasteiger partial charge in [0.15, 0.2) is 0 Å². The zero-order chi connectivity index (χ0) is 17.5. The molecule has 1 heterocycles. The highest BCUT2D eigenvalue weighted by molar-refractivity contribution is 7.92. The molecule has 1 aliphatic heterocycles. The summed E-state index contributed by atoms with van der Waals surface area (Å²) in [5.74, 6) is -1.18. The summed E-state index contributed by atoms with van der Waals surface area (Å²) in [6, 6.07) is 8.49. The molecule has 7 heteroatoms. The van der Waals surface area contributed by atoms with Gasteiger partial charge in [-0.2, -0.15) is 0 Å². The smallest absolute Gasteiger partial charge is 0.264 e. The van der Waals surface area contributed by atoms with Gasteiger partial charge in [-0.25, -0.2) is 12.8 Å². The monoisotopic (exact) mass is 348 g/mol. The average molecular weight is 348 g/mol. The van der Waals surface area contributed by atoms with Crippen molar-refractivity contribution < 1.29 is 17.6 Å². The van der Waals surface area contributed by atoms with E-state index < -0.39 is 21.7 Å². The highest BCUT2D eigenvalue weighted by Gasteiger charge is 2.31. The molecular formula is C17H17FN2O3S. The Labute approximate surface area is 139 Å². The molecule has 0 saturated heterocycles. The summed E-state index contributed by atoms with van der Waals surface area (Å²) in [5, 5.41) is 0. The van der Waals surface area contributed by atoms with Crippen molar-refractivity contribution in [1.82, 2.24) is 0 Å². The summed E-state index contributed by atoms with van der Waals surface area (Å²) in [7, 11) is -3.91. The standard InChI is InChI=1S/C17H17FN2O3S/c1-11-9-13-3-2-8-20(16(13)15(18)10-11)24(22,23)14-6-4-12(5-7-14)17(19)21/h4-7,9-10H,2-3,8H2,1H3,(H2,19,21). The van der Waals surface area contributed by atoms with Gasteiger partial charge < -0.3 is 5.73 Å². The Morgan fingerprint density at radius 2 is 1.88 bits per heavy atom. The van der Waals surface area contributed by atoms with E-state index in [1.54, 1.807) is 6.92 Å². The van der Waals surface area contributed by atoms with Gasteiger partial charge >= 0.3 is 0 Å². The lowest BCUT2D eigenvalue weighted by atomic mass is 10.0. The molecule has 1 aliphatic rings. The van der Waals surface area contributed by atoms with Crippen LogP contribution < -0.4 is 10.0 Å². The van der Waals surface area contributed by atoms with Crippen molar-refractivity contribution in [3.63, 3.8) is 0 Å². The Hall–Kier alpha value is -2.41. The lowest BCUT2D eigenvalue weighted by Gasteiger charge is -2.31. The average Bonchev–Trinajstić information content (AvgIpc) is 2.54. The number of amides is 1. The minimum absolute atomic E-state index is 0.000301. The van der Waals surface area contributed by atoms with Crippen LogP contribution in [0.4, 0.5) is 10.1 Å². The lowest BCUT2D eigenvalue weighted by Crippen LogP contribution is -2.36. The van der Waals surface area contributed by atoms with Gasteiger partial charge in [0.25, 0.3) is 10.0 Å². The quantitative estimate of drug-likeness (QED) is 0.925. The first-order valence-electron chi connectivity index (χ1n) is 7.52. The van der Waals surface area contributed by atoms with Crippen LogP contribution in [0.2, 0.25) is 0 Å². The van der Waals surface area contributed by atoms with Crippen molar-refractivity contribution in [3.8, 4) is 0 Å². The van der Waals surface area contributed by atoms with E-state index >= 15 is 0 Å². The van der Waals surface area contributed by atoms with Crippen molar-refractivity contribution in [2.45, 2.75) is 24.7 Å². The molecule has 126 valence electrons. The Morgan fingerprint density at radius 1 is 1.21 bits per heavy atom. The minimum atomic E-state index is -3.91. The number of fused-ring (bicyclic) bond motifs is 1. The molecule has 0 atom stereocenters. The summed E-state index contributed by atoms with van der Waals surface area (Å²) in [5.41, 5.74) is 6.95. The van der Waals surface area contributed by atoms with Gasteiger partial charge in [-0.05, 0) is 61.2 Å². The fraction of sp³-hybridized carbons (Fsp3) is 0.235. The summed E-state index contributed by atoms with van der Waals surface area (Å²) < 4.78 is 41.4. The van der Waals surface area contributed by atoms with Crippen molar-refractivity contribution in [1.29, 1.82) is 0 Å². The molecule has 0 saturated carbocycles. The molecule has 2 N–H and O–H groups in total. The summed E-state index contributed by atoms with van der Waals surface area (Å²) in [6.45, 7) is 1.99. The van der Waals surface area contributed by atoms with Crippen LogP contribution in [0.3, 0.4) is 0 Å². The minimum Gasteiger partial charge on any atom is -0.366 e. The van der Waals surface area contributed by atoms with Gasteiger partial charge in [0.05, 0.1) is 10.6 Å². The first-order valence-corrected chi connectivity index (χ1v) is 8.96. The van der Waals surface area contributed by atoms with Crippen molar-refractivity contribution in [2.75, 3.05) is 10.8 Å². The number of halogens is 1. The zero-order valence-corrected chi connectivity index (χ0v) is 13.9. The molecule has 0 bridgehead atoms. The number of hydrogen-bond acceptors (Lipinski definition) is 3. The molecule has 1 amide bonds. The molecule has 0 aromatic heterocycles. The number of sulfonamides is 1. The topological polar surface area (TPSA) is 80.5 Å². The van der Waals surface area contributed by atoms with E-state index in [1.165, 1.54) is 30.3 Å². The highest BCUT2D eigenvalue weighted by Crippen LogP contribution is 2.35. The van der Waals surface area contributed by atoms with Gasteiger partial charge in [0.1, 0.15) is 5.82 Å². The Kier molecular flexibility index (Phi) is 4.04. The molecule has 0 spiro atoms. The molecule has 5 nitrogen and oxygen atoms in total. The predicted octanol–water partition coefficient (Wildman–Crippen LogP) is 2.37. The number of anilines is 1. The van der Waals surface area contributed by atoms with Crippen molar-refractivity contribution in [2.24, 2.45) is 5.73 Å². The van der Waals surface area contributed by atoms with Gasteiger partial charge in [-0.3, -0.25) is 9.10 Å². The third-order valence-electron chi connectivity index (χ3n) is 4.07. The van der Waals surface area contributed by atoms with Crippen LogP contribution in [0.15, 0.2) is 41.3 Å². The number of carbonyl (C=O) groups excluding carboxylic acids is 1. The summed E-state index contributed by atoms with van der Waals surface area (Å²) in [4.78, 5) is 11.1. The zero-order valence-electron chi connectivity index (χ0n) is 13.1. The molecule has 0 unspecified atom stereocenters. The third-order valence-corrected chi connectivity index (χ3v) is 5.88. The number of aryl methyl sites for hydroxylation is 2. The second-order valence-corrected chi connectivity index (χ2v) is 7.69. The number of nitrogens with zero attached hydrogens (tertiary/aromatic N) is 1. The molecule has 3 rings (SSSR count). The first kappa shape index (κ1) is 16.4. The maximum Gasteiger partial charge on any atom is 0.264 e. The molecule has 0 fully saturated rings. The SMILES string of the molecule is Cc1cc(F)c2c(c1)CCCN2S(=O)(=O)c1ccc(C(N)=O)cc1. The maximum absolute atomic E-state index is 14.4. The van der Waals surface area contributed by atoms with Crippen LogP contribution in [0.1, 0.15) is 27.9 Å². The maximum atomic E-state index is 14.4. The van der Waals surface area contributed by atoms with Gasteiger partial charge in [0, 0.05) is 12.1 Å². The summed E-state index contributed by atoms with van der Waals surface area (Å²) >= 11 is 0. The number of primary amides is 1. The van der Waals surface area contributed by atoms with Crippen LogP contribution >= 0.6 is 0 Å². The van der Waals surface area contributed by atoms with Crippen molar-refractivity contribution >= 4 is 21.6 Å². The summed E-state index contributed by atoms with van der Waals surface area (Å²) in [6.07, 6.45) is 1.26. The predicted molar refractivity (Wildman–Crippen MR) is 88.9 cm³/mol. The van der Waals surface area contributed by atoms with E-state index in [4.69, 9.17) is 5.73 Å². The number of hydrogen-bond donors (Lipinski definition) is 1. The van der Waals surface area contributed by atoms with Gasteiger partial charge in [0.2, 0.25) is 5.91 Å². The van der Waals surface area contributed by atoms with E-state index in [-0.39, 0.29) is 22.7 Å². The van der Waals surface area contributed by atoms with E-state index in [2.05, 4.69) is 0 Å². The Balaban J connectivity index is 2.08. The van der Waals surface area contributed by atoms with E-state index in [9.17, 15) is 17.6 Å². The molecular weight excluding hydrogens is 331 g/mol. The third kappa shape index (κ3) is 2.75. The van der Waals surface area contributed by atoms with E-state index in [1.807, 2.05) is 6.07 Å². The highest BCUT2D eigenvalue weighted by atomic mass is 32.2. The van der Waals surface area contributed by atoms with E-state index in [0.29, 0.717) is 18.4 Å². The number of rotatable bonds is 3. The first-order chi connectivity index (χ1) is 11.3. The lowest BCUT2D eigenvalue weighted by molar-refractivity contribution is 0.1000. The number of benzene rings is 2. The van der Waals surface area contributed by atoms with Crippen LogP contribution in [0, 0.1) is 12.7 Å². The fourth-order valence-corrected chi connectivity index (χ4v) is 4.51. The Bertz CT molecular complexity index is 908. The van der Waals surface area contributed by atoms with Crippen molar-refractivity contribution in [3.05, 3.63) is 58.9 Å². The van der Waals surface area contributed by atoms with Gasteiger partial charge in [-0.15, -0.1) is 0 Å². The van der Waals surface area contributed by atoms with Crippen LogP contribution in [-0.4, -0.2) is 20.9 Å². The number of carbonyl (C=O) groups is 1. The molecule has 24 heavy (non-hydrogen) atoms.